The van der Waals surface area contributed by atoms with Crippen LogP contribution in [0.3, 0.4) is 0 Å². The summed E-state index contributed by atoms with van der Waals surface area (Å²) >= 11 is 0. The largest absolute Gasteiger partial charge is 0.378 e. The number of hydrogen-bond donors (Lipinski definition) is 5. The number of nitrogens with one attached hydrogen (secondary N) is 4. The third kappa shape index (κ3) is 21.9. The standard InChI is InChI=1S/C66H102N4O16/c1-43(71)13-25-63(26-14-44(2)72,27-15-45(3)73)67-55(83)59-37-60(56(84)68-64(28-16-46(4)74,29-17-47(5)75)30-18-48(6)76)40-61(38-59,57(85)69-65(31-19-49(7)77,32-20-50(8)78)33-21-51(9)79)42-62(39-59,41-60)58(86)70-66(34-22-52(10)80,35-23-53(11)81)36-24-54(12)82/h55,67,83H,13-42H2,1-12H3,(H,68,84)(H,69,85)(H,70,86). The Hall–Kier alpha value is -5.63. The number of amides is 3. The van der Waals surface area contributed by atoms with Crippen LogP contribution in [0.2, 0.25) is 0 Å². The Balaban J connectivity index is 2.72. The van der Waals surface area contributed by atoms with E-state index < -0.39 is 67.8 Å². The summed E-state index contributed by atoms with van der Waals surface area (Å²) in [6.45, 7) is 16.5. The summed E-state index contributed by atoms with van der Waals surface area (Å²) in [5.74, 6) is -4.89. The molecule has 0 saturated heterocycles. The number of aliphatic hydroxyl groups is 1. The summed E-state index contributed by atoms with van der Waals surface area (Å²) in [6.07, 6.45) is -3.79. The van der Waals surface area contributed by atoms with Crippen molar-refractivity contribution in [3.05, 3.63) is 0 Å². The molecule has 3 amide bonds. The van der Waals surface area contributed by atoms with Gasteiger partial charge in [0.05, 0.1) is 16.2 Å². The van der Waals surface area contributed by atoms with Crippen LogP contribution >= 0.6 is 0 Å². The average molecular weight is 1210 g/mol. The minimum atomic E-state index is -1.82. The van der Waals surface area contributed by atoms with Crippen LogP contribution in [0.25, 0.3) is 0 Å². The summed E-state index contributed by atoms with van der Waals surface area (Å²) in [4.78, 5) is 204. The van der Waals surface area contributed by atoms with Crippen LogP contribution in [-0.2, 0) is 71.9 Å². The van der Waals surface area contributed by atoms with Gasteiger partial charge in [-0.2, -0.15) is 0 Å². The average Bonchev–Trinajstić information content (AvgIpc) is 3.39. The molecule has 0 spiro atoms. The van der Waals surface area contributed by atoms with Crippen molar-refractivity contribution in [2.24, 2.45) is 21.7 Å². The zero-order chi connectivity index (χ0) is 65.3. The molecular weight excluding hydrogens is 1100 g/mol. The van der Waals surface area contributed by atoms with Crippen molar-refractivity contribution >= 4 is 87.1 Å². The topological polar surface area (TPSA) is 324 Å². The molecule has 4 bridgehead atoms. The lowest BCUT2D eigenvalue weighted by molar-refractivity contribution is -0.233. The lowest BCUT2D eigenvalue weighted by Gasteiger charge is -2.70. The minimum absolute atomic E-state index is 0.00179. The van der Waals surface area contributed by atoms with Gasteiger partial charge in [-0.3, -0.25) is 19.7 Å². The highest BCUT2D eigenvalue weighted by atomic mass is 16.3. The second-order valence-corrected chi connectivity index (χ2v) is 27.7. The van der Waals surface area contributed by atoms with Crippen molar-refractivity contribution in [1.82, 2.24) is 21.3 Å². The Morgan fingerprint density at radius 3 is 0.581 bits per heavy atom. The van der Waals surface area contributed by atoms with Gasteiger partial charge in [0.1, 0.15) is 75.6 Å². The van der Waals surface area contributed by atoms with E-state index in [0.29, 0.717) is 0 Å². The van der Waals surface area contributed by atoms with Crippen LogP contribution < -0.4 is 21.3 Å². The highest BCUT2D eigenvalue weighted by Crippen LogP contribution is 2.75. The number of Topliss-reactive ketones (excluding diaryl/α,β-unsaturated/α-hetero) is 12. The second-order valence-electron chi connectivity index (χ2n) is 27.7. The van der Waals surface area contributed by atoms with Crippen molar-refractivity contribution in [3.8, 4) is 0 Å². The van der Waals surface area contributed by atoms with E-state index in [1.165, 1.54) is 83.1 Å². The Labute approximate surface area is 509 Å². The first-order chi connectivity index (χ1) is 39.8. The van der Waals surface area contributed by atoms with Gasteiger partial charge in [-0.25, -0.2) is 0 Å². The number of aliphatic hydroxyl groups excluding tert-OH is 1. The second kappa shape index (κ2) is 31.5. The van der Waals surface area contributed by atoms with E-state index in [0.717, 1.165) is 0 Å². The smallest absolute Gasteiger partial charge is 0.226 e. The lowest BCUT2D eigenvalue weighted by atomic mass is 9.34. The number of hydrogen-bond acceptors (Lipinski definition) is 17. The van der Waals surface area contributed by atoms with Crippen LogP contribution in [0.15, 0.2) is 0 Å². The molecule has 5 N–H and O–H groups in total. The van der Waals surface area contributed by atoms with E-state index in [2.05, 4.69) is 21.3 Å². The van der Waals surface area contributed by atoms with Crippen molar-refractivity contribution < 1.29 is 77.0 Å². The van der Waals surface area contributed by atoms with Gasteiger partial charge >= 0.3 is 0 Å². The molecule has 4 rings (SSSR count). The monoisotopic (exact) mass is 1210 g/mol. The summed E-state index contributed by atoms with van der Waals surface area (Å²) in [6, 6.07) is 0. The highest BCUT2D eigenvalue weighted by molar-refractivity contribution is 5.94. The summed E-state index contributed by atoms with van der Waals surface area (Å²) < 4.78 is 0. The fourth-order valence-corrected chi connectivity index (χ4v) is 14.6. The van der Waals surface area contributed by atoms with Crippen LogP contribution in [0, 0.1) is 21.7 Å². The molecular formula is C66H102N4O16. The first-order valence-corrected chi connectivity index (χ1v) is 31.1. The zero-order valence-corrected chi connectivity index (χ0v) is 53.9. The molecule has 482 valence electrons. The van der Waals surface area contributed by atoms with E-state index in [4.69, 9.17) is 0 Å². The molecule has 0 aliphatic heterocycles. The van der Waals surface area contributed by atoms with Crippen molar-refractivity contribution in [1.29, 1.82) is 0 Å². The molecule has 1 atom stereocenters. The van der Waals surface area contributed by atoms with Crippen LogP contribution in [-0.4, -0.2) is 121 Å². The summed E-state index contributed by atoms with van der Waals surface area (Å²) in [7, 11) is 0. The first kappa shape index (κ1) is 74.6. The zero-order valence-electron chi connectivity index (χ0n) is 53.9. The van der Waals surface area contributed by atoms with Gasteiger partial charge in [-0.05, 0) is 199 Å². The van der Waals surface area contributed by atoms with Gasteiger partial charge in [-0.15, -0.1) is 0 Å². The SMILES string of the molecule is CC(=O)CCC(CCC(C)=O)(CCC(C)=O)NC(=O)C12CC3(C(=O)NC(CCC(C)=O)(CCC(C)=O)CCC(C)=O)CC(C(=O)NC(CCC(C)=O)(CCC(C)=O)CCC(C)=O)(C1)CC(C(O)NC(CCC(C)=O)(CCC(C)=O)CCC(C)=O)(C2)C3. The maximum absolute atomic E-state index is 16.5. The third-order valence-electron chi connectivity index (χ3n) is 19.2. The molecule has 0 heterocycles. The van der Waals surface area contributed by atoms with Gasteiger partial charge in [0, 0.05) is 105 Å². The molecule has 0 aromatic rings. The Kier molecular flexibility index (Phi) is 27.3. The van der Waals surface area contributed by atoms with Crippen LogP contribution in [0.1, 0.15) is 276 Å². The molecule has 4 saturated carbocycles. The van der Waals surface area contributed by atoms with Crippen molar-refractivity contribution in [3.63, 3.8) is 0 Å². The van der Waals surface area contributed by atoms with Crippen LogP contribution in [0.4, 0.5) is 0 Å². The molecule has 4 fully saturated rings. The number of rotatable bonds is 45. The Bertz CT molecular complexity index is 2200. The minimum Gasteiger partial charge on any atom is -0.378 e. The van der Waals surface area contributed by atoms with E-state index in [1.54, 1.807) is 0 Å². The fourth-order valence-electron chi connectivity index (χ4n) is 14.6. The number of carbonyl (C=O) groups excluding carboxylic acids is 15. The summed E-state index contributed by atoms with van der Waals surface area (Å²) in [5.41, 5.74) is -12.6. The van der Waals surface area contributed by atoms with E-state index >= 15 is 14.4 Å². The third-order valence-corrected chi connectivity index (χ3v) is 19.2. The molecule has 4 aliphatic carbocycles. The Morgan fingerprint density at radius 2 is 0.430 bits per heavy atom. The highest BCUT2D eigenvalue weighted by Gasteiger charge is 2.76. The lowest BCUT2D eigenvalue weighted by Crippen LogP contribution is -2.75. The maximum atomic E-state index is 16.5. The van der Waals surface area contributed by atoms with Gasteiger partial charge in [0.2, 0.25) is 17.7 Å². The van der Waals surface area contributed by atoms with E-state index in [-0.39, 0.29) is 262 Å². The van der Waals surface area contributed by atoms with Gasteiger partial charge in [-0.1, -0.05) is 0 Å². The van der Waals surface area contributed by atoms with Crippen molar-refractivity contribution in [2.45, 2.75) is 304 Å². The van der Waals surface area contributed by atoms with Crippen LogP contribution in [0.5, 0.6) is 0 Å². The number of ketones is 12. The van der Waals surface area contributed by atoms with Gasteiger partial charge in [0.15, 0.2) is 0 Å². The molecule has 4 aliphatic rings. The summed E-state index contributed by atoms with van der Waals surface area (Å²) in [5, 5.41) is 26.9. The number of carbonyl (C=O) groups is 15. The molecule has 20 nitrogen and oxygen atoms in total. The maximum Gasteiger partial charge on any atom is 0.226 e. The van der Waals surface area contributed by atoms with Crippen molar-refractivity contribution in [2.75, 3.05) is 0 Å². The van der Waals surface area contributed by atoms with Gasteiger partial charge < -0.3 is 78.6 Å². The quantitative estimate of drug-likeness (QED) is 0.0361. The predicted octanol–water partition coefficient (Wildman–Crippen LogP) is 7.96. The molecule has 0 radical (unpaired) electrons. The van der Waals surface area contributed by atoms with E-state index in [9.17, 15) is 62.6 Å². The van der Waals surface area contributed by atoms with E-state index in [1.807, 2.05) is 0 Å². The normalized spacial score (nSPS) is 21.2. The molecule has 1 unspecified atom stereocenters. The fraction of sp³-hybridized carbons (Fsp3) is 0.773. The molecule has 0 aromatic heterocycles. The molecule has 0 aromatic carbocycles. The molecule has 86 heavy (non-hydrogen) atoms. The predicted molar refractivity (Wildman–Crippen MR) is 321 cm³/mol. The molecule has 20 heteroatoms. The van der Waals surface area contributed by atoms with Gasteiger partial charge in [0.25, 0.3) is 0 Å². The first-order valence-electron chi connectivity index (χ1n) is 31.1. The Morgan fingerprint density at radius 1 is 0.279 bits per heavy atom.